The van der Waals surface area contributed by atoms with Gasteiger partial charge in [-0.25, -0.2) is 0 Å². The normalized spacial score (nSPS) is 19.0. The quantitative estimate of drug-likeness (QED) is 0.664. The predicted octanol–water partition coefficient (Wildman–Crippen LogP) is 3.78. The van der Waals surface area contributed by atoms with E-state index < -0.39 is 53.6 Å². The van der Waals surface area contributed by atoms with Crippen LogP contribution in [0.5, 0.6) is 0 Å². The van der Waals surface area contributed by atoms with Gasteiger partial charge in [-0.3, -0.25) is 19.4 Å². The molecule has 10 heteroatoms. The Morgan fingerprint density at radius 1 is 1.09 bits per heavy atom. The van der Waals surface area contributed by atoms with E-state index in [1.54, 1.807) is 20.8 Å². The number of allylic oxidation sites excluding steroid dienone is 1. The van der Waals surface area contributed by atoms with Crippen LogP contribution < -0.4 is 5.32 Å². The van der Waals surface area contributed by atoms with Crippen LogP contribution in [-0.4, -0.2) is 42.8 Å². The zero-order chi connectivity index (χ0) is 25.1. The molecule has 1 aromatic rings. The molecule has 0 bridgehead atoms. The van der Waals surface area contributed by atoms with E-state index in [4.69, 9.17) is 9.47 Å². The topological polar surface area (TPSA) is 94.1 Å². The summed E-state index contributed by atoms with van der Waals surface area (Å²) in [5.41, 5.74) is -1.84. The van der Waals surface area contributed by atoms with E-state index in [9.17, 15) is 27.6 Å². The van der Waals surface area contributed by atoms with Gasteiger partial charge < -0.3 is 14.8 Å². The number of alkyl halides is 3. The van der Waals surface area contributed by atoms with Crippen LogP contribution in [0, 0.1) is 5.92 Å². The van der Waals surface area contributed by atoms with Gasteiger partial charge in [-0.15, -0.1) is 0 Å². The highest BCUT2D eigenvalue weighted by atomic mass is 19.4. The second-order valence-electron chi connectivity index (χ2n) is 8.58. The van der Waals surface area contributed by atoms with Crippen LogP contribution in [0.15, 0.2) is 40.5 Å². The highest BCUT2D eigenvalue weighted by molar-refractivity contribution is 6.08. The number of halogens is 3. The average molecular weight is 468 g/mol. The minimum Gasteiger partial charge on any atom is -0.468 e. The Hall–Kier alpha value is -3.17. The zero-order valence-corrected chi connectivity index (χ0v) is 19.3. The molecule has 1 aliphatic heterocycles. The third kappa shape index (κ3) is 6.21. The van der Waals surface area contributed by atoms with Gasteiger partial charge in [0.1, 0.15) is 18.1 Å². The van der Waals surface area contributed by atoms with Crippen molar-refractivity contribution in [2.24, 2.45) is 10.9 Å². The fourth-order valence-corrected chi connectivity index (χ4v) is 3.75. The summed E-state index contributed by atoms with van der Waals surface area (Å²) < 4.78 is 51.4. The SMILES string of the molecule is COC(=O)C1C(C)=NC(C)=C(C(=O)NCC(=O)OC(C)(C)C)C1c1ccccc1C(F)(F)F. The fraction of sp³-hybridized carbons (Fsp3) is 0.478. The Kier molecular flexibility index (Phi) is 7.72. The largest absolute Gasteiger partial charge is 0.468 e. The van der Waals surface area contributed by atoms with Crippen LogP contribution in [0.1, 0.15) is 51.7 Å². The van der Waals surface area contributed by atoms with Gasteiger partial charge in [0.15, 0.2) is 0 Å². The van der Waals surface area contributed by atoms with Crippen molar-refractivity contribution < 1.29 is 37.0 Å². The van der Waals surface area contributed by atoms with Crippen molar-refractivity contribution >= 4 is 23.6 Å². The molecule has 0 saturated heterocycles. The van der Waals surface area contributed by atoms with Crippen LogP contribution in [0.2, 0.25) is 0 Å². The Bertz CT molecular complexity index is 1010. The van der Waals surface area contributed by atoms with E-state index in [2.05, 4.69) is 10.3 Å². The molecule has 33 heavy (non-hydrogen) atoms. The molecule has 2 atom stereocenters. The monoisotopic (exact) mass is 468 g/mol. The number of ether oxygens (including phenoxy) is 2. The van der Waals surface area contributed by atoms with Crippen LogP contribution in [0.3, 0.4) is 0 Å². The smallest absolute Gasteiger partial charge is 0.416 e. The maximum Gasteiger partial charge on any atom is 0.416 e. The molecule has 180 valence electrons. The predicted molar refractivity (Wildman–Crippen MR) is 114 cm³/mol. The molecule has 0 spiro atoms. The Morgan fingerprint density at radius 3 is 2.24 bits per heavy atom. The number of carbonyl (C=O) groups is 3. The van der Waals surface area contributed by atoms with Gasteiger partial charge >= 0.3 is 18.1 Å². The molecular weight excluding hydrogens is 441 g/mol. The molecule has 1 aliphatic rings. The van der Waals surface area contributed by atoms with Crippen molar-refractivity contribution in [2.75, 3.05) is 13.7 Å². The number of nitrogens with zero attached hydrogens (tertiary/aromatic N) is 1. The lowest BCUT2D eigenvalue weighted by atomic mass is 9.74. The van der Waals surface area contributed by atoms with Crippen molar-refractivity contribution in [3.8, 4) is 0 Å². The standard InChI is InChI=1S/C23H27F3N2O5/c1-12-17(20(30)27-11-16(29)33-22(3,4)5)19(18(13(2)28-12)21(31)32-6)14-9-7-8-10-15(14)23(24,25)26/h7-10,18-19H,11H2,1-6H3,(H,27,30). The van der Waals surface area contributed by atoms with Crippen molar-refractivity contribution in [2.45, 2.75) is 52.3 Å². The molecule has 0 radical (unpaired) electrons. The molecule has 0 fully saturated rings. The molecule has 1 heterocycles. The highest BCUT2D eigenvalue weighted by Gasteiger charge is 2.45. The second-order valence-corrected chi connectivity index (χ2v) is 8.58. The fourth-order valence-electron chi connectivity index (χ4n) is 3.75. The summed E-state index contributed by atoms with van der Waals surface area (Å²) in [5, 5.41) is 2.38. The summed E-state index contributed by atoms with van der Waals surface area (Å²) in [6.07, 6.45) is -4.73. The lowest BCUT2D eigenvalue weighted by Gasteiger charge is -2.33. The molecule has 1 amide bonds. The van der Waals surface area contributed by atoms with E-state index in [0.717, 1.165) is 13.2 Å². The maximum atomic E-state index is 13.8. The van der Waals surface area contributed by atoms with Crippen LogP contribution in [0.4, 0.5) is 13.2 Å². The first-order valence-electron chi connectivity index (χ1n) is 10.2. The Balaban J connectivity index is 2.57. The molecule has 1 aromatic carbocycles. The average Bonchev–Trinajstić information content (AvgIpc) is 2.69. The number of rotatable bonds is 5. The maximum absolute atomic E-state index is 13.8. The Morgan fingerprint density at radius 2 is 1.70 bits per heavy atom. The highest BCUT2D eigenvalue weighted by Crippen LogP contribution is 2.44. The van der Waals surface area contributed by atoms with Gasteiger partial charge in [0.25, 0.3) is 0 Å². The number of hydrogen-bond acceptors (Lipinski definition) is 6. The van der Waals surface area contributed by atoms with E-state index in [1.165, 1.54) is 32.0 Å². The minimum absolute atomic E-state index is 0.135. The minimum atomic E-state index is -4.73. The van der Waals surface area contributed by atoms with Crippen molar-refractivity contribution in [1.82, 2.24) is 5.32 Å². The summed E-state index contributed by atoms with van der Waals surface area (Å²) in [6, 6.07) is 4.72. The van der Waals surface area contributed by atoms with E-state index in [-0.39, 0.29) is 22.5 Å². The number of benzene rings is 1. The van der Waals surface area contributed by atoms with Gasteiger partial charge in [0.05, 0.1) is 12.7 Å². The number of amides is 1. The van der Waals surface area contributed by atoms with Crippen molar-refractivity contribution in [3.05, 3.63) is 46.7 Å². The molecule has 0 saturated carbocycles. The lowest BCUT2D eigenvalue weighted by molar-refractivity contribution is -0.154. The number of esters is 2. The van der Waals surface area contributed by atoms with Gasteiger partial charge in [-0.2, -0.15) is 13.2 Å². The van der Waals surface area contributed by atoms with Crippen molar-refractivity contribution in [1.29, 1.82) is 0 Å². The molecule has 2 rings (SSSR count). The van der Waals surface area contributed by atoms with E-state index in [0.29, 0.717) is 0 Å². The van der Waals surface area contributed by atoms with E-state index in [1.807, 2.05) is 0 Å². The van der Waals surface area contributed by atoms with Gasteiger partial charge in [-0.05, 0) is 46.2 Å². The van der Waals surface area contributed by atoms with Gasteiger partial charge in [0, 0.05) is 22.9 Å². The lowest BCUT2D eigenvalue weighted by Crippen LogP contribution is -2.41. The molecule has 1 N–H and O–H groups in total. The van der Waals surface area contributed by atoms with Crippen molar-refractivity contribution in [3.63, 3.8) is 0 Å². The summed E-state index contributed by atoms with van der Waals surface area (Å²) in [5.74, 6) is -4.97. The summed E-state index contributed by atoms with van der Waals surface area (Å²) in [7, 11) is 1.11. The first kappa shape index (κ1) is 26.1. The third-order valence-electron chi connectivity index (χ3n) is 4.94. The number of carbonyl (C=O) groups excluding carboxylic acids is 3. The van der Waals surface area contributed by atoms with Gasteiger partial charge in [-0.1, -0.05) is 18.2 Å². The number of nitrogens with one attached hydrogen (secondary N) is 1. The number of methoxy groups -OCH3 is 1. The number of aliphatic imine (C=N–C) groups is 1. The molecule has 0 aromatic heterocycles. The number of hydrogen-bond donors (Lipinski definition) is 1. The van der Waals surface area contributed by atoms with Crippen LogP contribution in [0.25, 0.3) is 0 Å². The summed E-state index contributed by atoms with van der Waals surface area (Å²) in [4.78, 5) is 42.0. The second kappa shape index (κ2) is 9.76. The Labute approximate surface area is 190 Å². The summed E-state index contributed by atoms with van der Waals surface area (Å²) in [6.45, 7) is 7.41. The first-order valence-corrected chi connectivity index (χ1v) is 10.2. The third-order valence-corrected chi connectivity index (χ3v) is 4.94. The molecule has 2 unspecified atom stereocenters. The molecular formula is C23H27F3N2O5. The van der Waals surface area contributed by atoms with Crippen LogP contribution >= 0.6 is 0 Å². The van der Waals surface area contributed by atoms with Gasteiger partial charge in [0.2, 0.25) is 5.91 Å². The first-order chi connectivity index (χ1) is 15.2. The summed E-state index contributed by atoms with van der Waals surface area (Å²) >= 11 is 0. The van der Waals surface area contributed by atoms with E-state index >= 15 is 0 Å². The van der Waals surface area contributed by atoms with Crippen LogP contribution in [-0.2, 0) is 30.0 Å². The zero-order valence-electron chi connectivity index (χ0n) is 19.3. The molecule has 0 aliphatic carbocycles. The molecule has 7 nitrogen and oxygen atoms in total.